The lowest BCUT2D eigenvalue weighted by atomic mass is 9.58. The Labute approximate surface area is 135 Å². The van der Waals surface area contributed by atoms with Crippen LogP contribution in [0.3, 0.4) is 0 Å². The minimum atomic E-state index is -0.110. The molecule has 2 fully saturated rings. The van der Waals surface area contributed by atoms with Crippen LogP contribution >= 0.6 is 0 Å². The van der Waals surface area contributed by atoms with Crippen molar-refractivity contribution in [1.29, 1.82) is 0 Å². The van der Waals surface area contributed by atoms with Gasteiger partial charge in [0.25, 0.3) is 0 Å². The van der Waals surface area contributed by atoms with Crippen LogP contribution in [0.25, 0.3) is 0 Å². The van der Waals surface area contributed by atoms with Crippen LogP contribution in [0.2, 0.25) is 0 Å². The molecule has 22 heavy (non-hydrogen) atoms. The number of nitrogens with two attached hydrogens (primary N) is 1. The molecule has 3 N–H and O–H groups in total. The molecule has 0 radical (unpaired) electrons. The average molecular weight is 304 g/mol. The van der Waals surface area contributed by atoms with Crippen LogP contribution < -0.4 is 5.84 Å². The lowest BCUT2D eigenvalue weighted by Crippen LogP contribution is -2.39. The highest BCUT2D eigenvalue weighted by molar-refractivity contribution is 5.91. The Morgan fingerprint density at radius 2 is 2.14 bits per heavy atom. The third-order valence-corrected chi connectivity index (χ3v) is 7.03. The third-order valence-electron chi connectivity index (χ3n) is 7.03. The molecule has 4 atom stereocenters. The van der Waals surface area contributed by atoms with Crippen LogP contribution in [0.5, 0.6) is 0 Å². The lowest BCUT2D eigenvalue weighted by molar-refractivity contribution is 0.0679. The van der Waals surface area contributed by atoms with Crippen molar-refractivity contribution in [3.05, 3.63) is 11.6 Å². The monoisotopic (exact) mass is 304 g/mol. The van der Waals surface area contributed by atoms with E-state index in [9.17, 15) is 5.11 Å². The lowest BCUT2D eigenvalue weighted by Gasteiger charge is -2.48. The Morgan fingerprint density at radius 1 is 1.32 bits per heavy atom. The number of rotatable bonds is 3. The molecule has 0 spiro atoms. The van der Waals surface area contributed by atoms with Gasteiger partial charge in [0.1, 0.15) is 0 Å². The van der Waals surface area contributed by atoms with Crippen molar-refractivity contribution >= 4 is 5.71 Å². The van der Waals surface area contributed by atoms with Gasteiger partial charge in [-0.2, -0.15) is 5.10 Å². The van der Waals surface area contributed by atoms with Gasteiger partial charge in [-0.05, 0) is 75.5 Å². The molecule has 0 amide bonds. The molecular formula is C19H32N2O. The van der Waals surface area contributed by atoms with Crippen molar-refractivity contribution in [3.8, 4) is 0 Å². The van der Waals surface area contributed by atoms with Crippen molar-refractivity contribution in [1.82, 2.24) is 0 Å². The predicted molar refractivity (Wildman–Crippen MR) is 91.6 cm³/mol. The molecule has 3 nitrogen and oxygen atoms in total. The molecule has 0 heterocycles. The molecule has 3 aliphatic carbocycles. The Balaban J connectivity index is 1.69. The molecule has 4 unspecified atom stereocenters. The van der Waals surface area contributed by atoms with Gasteiger partial charge in [-0.25, -0.2) is 0 Å². The van der Waals surface area contributed by atoms with Crippen molar-refractivity contribution in [2.24, 2.45) is 27.7 Å². The second-order valence-corrected chi connectivity index (χ2v) is 8.35. The number of nitrogens with zero attached hydrogens (tertiary/aromatic N) is 1. The number of allylic oxidation sites excluding steroid dienone is 1. The fraction of sp³-hybridized carbons (Fsp3) is 0.842. The molecule has 0 saturated heterocycles. The number of hydrogen-bond acceptors (Lipinski definition) is 3. The van der Waals surface area contributed by atoms with Crippen LogP contribution in [0.15, 0.2) is 16.8 Å². The zero-order chi connectivity index (χ0) is 15.8. The molecule has 0 aromatic rings. The van der Waals surface area contributed by atoms with Gasteiger partial charge >= 0.3 is 0 Å². The van der Waals surface area contributed by atoms with E-state index in [1.807, 2.05) is 0 Å². The van der Waals surface area contributed by atoms with E-state index in [0.717, 1.165) is 31.6 Å². The van der Waals surface area contributed by atoms with Gasteiger partial charge in [0.15, 0.2) is 0 Å². The summed E-state index contributed by atoms with van der Waals surface area (Å²) in [5.74, 6) is 6.38. The first kappa shape index (κ1) is 16.0. The first-order valence-electron chi connectivity index (χ1n) is 9.13. The Morgan fingerprint density at radius 3 is 2.91 bits per heavy atom. The van der Waals surface area contributed by atoms with E-state index in [-0.39, 0.29) is 11.5 Å². The van der Waals surface area contributed by atoms with E-state index >= 15 is 0 Å². The molecule has 0 bridgehead atoms. The smallest absolute Gasteiger partial charge is 0.0577 e. The van der Waals surface area contributed by atoms with Crippen molar-refractivity contribution < 1.29 is 5.11 Å². The van der Waals surface area contributed by atoms with Crippen molar-refractivity contribution in [2.45, 2.75) is 84.2 Å². The molecule has 2 saturated carbocycles. The molecule has 3 rings (SSSR count). The second-order valence-electron chi connectivity index (χ2n) is 8.35. The number of aliphatic hydroxyl groups excluding tert-OH is 1. The zero-order valence-electron chi connectivity index (χ0n) is 14.3. The van der Waals surface area contributed by atoms with E-state index in [1.54, 1.807) is 0 Å². The summed E-state index contributed by atoms with van der Waals surface area (Å²) in [6.07, 6.45) is 13.9. The van der Waals surface area contributed by atoms with Crippen LogP contribution in [-0.4, -0.2) is 16.9 Å². The van der Waals surface area contributed by atoms with Crippen LogP contribution in [0, 0.1) is 16.7 Å². The van der Waals surface area contributed by atoms with Gasteiger partial charge in [0.05, 0.1) is 6.10 Å². The van der Waals surface area contributed by atoms with Gasteiger partial charge < -0.3 is 10.9 Å². The van der Waals surface area contributed by atoms with Crippen molar-refractivity contribution in [3.63, 3.8) is 0 Å². The molecule has 0 aromatic heterocycles. The van der Waals surface area contributed by atoms with E-state index in [0.29, 0.717) is 5.41 Å². The quantitative estimate of drug-likeness (QED) is 0.467. The molecule has 0 aromatic carbocycles. The van der Waals surface area contributed by atoms with Gasteiger partial charge in [0.2, 0.25) is 0 Å². The SMILES string of the molecule is CC1(CCC2CCC=C3CC(O)CCC32C)CCCC1=NN. The highest BCUT2D eigenvalue weighted by atomic mass is 16.3. The van der Waals surface area contributed by atoms with Gasteiger partial charge in [-0.1, -0.05) is 25.5 Å². The standard InChI is InChI=1S/C19H32N2O/c1-18(10-4-7-17(18)21-20)11-8-14-5-3-6-15-13-16(22)9-12-19(14,15)2/h6,14,16,22H,3-5,7-13,20H2,1-2H3. The van der Waals surface area contributed by atoms with Crippen LogP contribution in [-0.2, 0) is 0 Å². The number of aliphatic hydroxyl groups is 1. The van der Waals surface area contributed by atoms with Crippen LogP contribution in [0.4, 0.5) is 0 Å². The Kier molecular flexibility index (Phi) is 4.37. The summed E-state index contributed by atoms with van der Waals surface area (Å²) >= 11 is 0. The van der Waals surface area contributed by atoms with Crippen molar-refractivity contribution in [2.75, 3.05) is 0 Å². The summed E-state index contributed by atoms with van der Waals surface area (Å²) in [5.41, 5.74) is 3.34. The Bertz CT molecular complexity index is 484. The number of fused-ring (bicyclic) bond motifs is 1. The minimum absolute atomic E-state index is 0.110. The normalized spacial score (nSPS) is 44.0. The molecule has 3 aliphatic rings. The van der Waals surface area contributed by atoms with E-state index < -0.39 is 0 Å². The third kappa shape index (κ3) is 2.73. The fourth-order valence-corrected chi connectivity index (χ4v) is 5.31. The van der Waals surface area contributed by atoms with E-state index in [4.69, 9.17) is 5.84 Å². The highest BCUT2D eigenvalue weighted by Gasteiger charge is 2.44. The topological polar surface area (TPSA) is 58.6 Å². The predicted octanol–water partition coefficient (Wildman–Crippen LogP) is 4.16. The zero-order valence-corrected chi connectivity index (χ0v) is 14.3. The van der Waals surface area contributed by atoms with Gasteiger partial charge in [-0.15, -0.1) is 0 Å². The summed E-state index contributed by atoms with van der Waals surface area (Å²) in [7, 11) is 0. The molecule has 124 valence electrons. The highest BCUT2D eigenvalue weighted by Crippen LogP contribution is 2.53. The van der Waals surface area contributed by atoms with Crippen LogP contribution in [0.1, 0.15) is 78.1 Å². The second kappa shape index (κ2) is 5.99. The summed E-state index contributed by atoms with van der Waals surface area (Å²) in [6.45, 7) is 4.81. The largest absolute Gasteiger partial charge is 0.393 e. The number of hydrazone groups is 1. The number of hydrogen-bond donors (Lipinski definition) is 2. The average Bonchev–Trinajstić information content (AvgIpc) is 2.87. The first-order valence-corrected chi connectivity index (χ1v) is 9.13. The maximum atomic E-state index is 9.99. The maximum Gasteiger partial charge on any atom is 0.0577 e. The Hall–Kier alpha value is -0.830. The van der Waals surface area contributed by atoms with Gasteiger partial charge in [-0.3, -0.25) is 0 Å². The van der Waals surface area contributed by atoms with E-state index in [1.165, 1.54) is 49.8 Å². The fourth-order valence-electron chi connectivity index (χ4n) is 5.31. The first-order chi connectivity index (χ1) is 10.5. The summed E-state index contributed by atoms with van der Waals surface area (Å²) in [5, 5.41) is 14.1. The van der Waals surface area contributed by atoms with Gasteiger partial charge in [0, 0.05) is 11.1 Å². The minimum Gasteiger partial charge on any atom is -0.393 e. The molecule has 0 aliphatic heterocycles. The molecular weight excluding hydrogens is 272 g/mol. The molecule has 3 heteroatoms. The summed E-state index contributed by atoms with van der Waals surface area (Å²) < 4.78 is 0. The van der Waals surface area contributed by atoms with E-state index in [2.05, 4.69) is 25.0 Å². The summed E-state index contributed by atoms with van der Waals surface area (Å²) in [4.78, 5) is 0. The maximum absolute atomic E-state index is 9.99. The summed E-state index contributed by atoms with van der Waals surface area (Å²) in [6, 6.07) is 0.